The highest BCUT2D eigenvalue weighted by Gasteiger charge is 2.12. The predicted molar refractivity (Wildman–Crippen MR) is 148 cm³/mol. The van der Waals surface area contributed by atoms with Crippen LogP contribution in [0.2, 0.25) is 5.02 Å². The topological polar surface area (TPSA) is 41.1 Å². The summed E-state index contributed by atoms with van der Waals surface area (Å²) in [6.07, 6.45) is 3.32. The van der Waals surface area contributed by atoms with Crippen molar-refractivity contribution in [1.29, 1.82) is 0 Å². The van der Waals surface area contributed by atoms with Gasteiger partial charge in [0, 0.05) is 28.2 Å². The van der Waals surface area contributed by atoms with E-state index in [1.165, 1.54) is 13.0 Å². The highest BCUT2D eigenvalue weighted by atomic mass is 35.5. The van der Waals surface area contributed by atoms with Crippen LogP contribution in [0.15, 0.2) is 78.6 Å². The Balaban J connectivity index is 0.00000274. The molecule has 2 N–H and O–H groups in total. The average molecular weight is 503 g/mol. The monoisotopic (exact) mass is 502 g/mol. The maximum Gasteiger partial charge on any atom is 0.255 e. The smallest absolute Gasteiger partial charge is 0.255 e. The Morgan fingerprint density at radius 2 is 1.63 bits per heavy atom. The molecule has 6 heteroatoms. The van der Waals surface area contributed by atoms with Gasteiger partial charge >= 0.3 is 0 Å². The van der Waals surface area contributed by atoms with Crippen LogP contribution in [-0.2, 0) is 0 Å². The SMILES string of the molecule is C=C(Nc1cc(C(=O)N/C(C)=C/C(F)=C(F)\C=C/C)ccc1C)c1c(C)cccc1Cl.CC.CC. The second-order valence-corrected chi connectivity index (χ2v) is 7.45. The number of allylic oxidation sites excluding steroid dienone is 6. The van der Waals surface area contributed by atoms with Crippen molar-refractivity contribution in [2.75, 3.05) is 5.32 Å². The van der Waals surface area contributed by atoms with Gasteiger partial charge < -0.3 is 10.6 Å². The first kappa shape index (κ1) is 31.8. The number of amides is 1. The first-order valence-electron chi connectivity index (χ1n) is 11.6. The van der Waals surface area contributed by atoms with E-state index in [1.54, 1.807) is 31.2 Å². The minimum absolute atomic E-state index is 0.174. The maximum absolute atomic E-state index is 13.8. The van der Waals surface area contributed by atoms with E-state index in [2.05, 4.69) is 17.2 Å². The lowest BCUT2D eigenvalue weighted by Gasteiger charge is -2.16. The summed E-state index contributed by atoms with van der Waals surface area (Å²) in [5, 5.41) is 6.35. The van der Waals surface area contributed by atoms with E-state index < -0.39 is 17.6 Å². The van der Waals surface area contributed by atoms with Crippen molar-refractivity contribution in [2.45, 2.75) is 55.4 Å². The molecule has 190 valence electrons. The summed E-state index contributed by atoms with van der Waals surface area (Å²) in [5.74, 6) is -2.52. The predicted octanol–water partition coefficient (Wildman–Crippen LogP) is 9.45. The third kappa shape index (κ3) is 9.91. The minimum atomic E-state index is -1.06. The van der Waals surface area contributed by atoms with Crippen LogP contribution in [0.5, 0.6) is 0 Å². The molecule has 2 aromatic carbocycles. The summed E-state index contributed by atoms with van der Waals surface area (Å²) in [6.45, 7) is 19.0. The lowest BCUT2D eigenvalue weighted by molar-refractivity contribution is 0.0966. The molecular weight excluding hydrogens is 466 g/mol. The van der Waals surface area contributed by atoms with Gasteiger partial charge in [-0.3, -0.25) is 4.79 Å². The molecule has 0 saturated carbocycles. The average Bonchev–Trinajstić information content (AvgIpc) is 2.83. The minimum Gasteiger partial charge on any atom is -0.355 e. The van der Waals surface area contributed by atoms with Gasteiger partial charge in [-0.2, -0.15) is 0 Å². The van der Waals surface area contributed by atoms with Gasteiger partial charge in [0.1, 0.15) is 0 Å². The Bertz CT molecular complexity index is 1080. The van der Waals surface area contributed by atoms with E-state index >= 15 is 0 Å². The molecule has 0 spiro atoms. The molecule has 0 atom stereocenters. The number of carbonyl (C=O) groups is 1. The first-order valence-corrected chi connectivity index (χ1v) is 12.0. The zero-order chi connectivity index (χ0) is 27.1. The number of benzene rings is 2. The van der Waals surface area contributed by atoms with Gasteiger partial charge in [0.05, 0.1) is 5.02 Å². The Labute approximate surface area is 214 Å². The molecule has 0 radical (unpaired) electrons. The molecule has 0 aliphatic heterocycles. The van der Waals surface area contributed by atoms with E-state index in [9.17, 15) is 13.6 Å². The summed E-state index contributed by atoms with van der Waals surface area (Å²) in [4.78, 5) is 12.6. The molecule has 0 aromatic heterocycles. The van der Waals surface area contributed by atoms with Crippen LogP contribution < -0.4 is 10.6 Å². The van der Waals surface area contributed by atoms with E-state index in [1.807, 2.05) is 53.7 Å². The molecule has 0 fully saturated rings. The molecule has 0 bridgehead atoms. The standard InChI is InChI=1S/C25H25ClF2N2O.2C2H6/c1-6-8-21(27)22(28)13-17(4)29-25(31)19-12-11-15(2)23(14-19)30-18(5)24-16(3)9-7-10-20(24)26;2*1-2/h6-14,30H,5H2,1-4H3,(H,29,31);2*1-2H3/b8-6-,17-13+,22-21-;;. The molecular formula is C29H37ClF2N2O. The van der Waals surface area contributed by atoms with Gasteiger partial charge in [0.15, 0.2) is 11.7 Å². The molecule has 35 heavy (non-hydrogen) atoms. The number of nitrogens with one attached hydrogen (secondary N) is 2. The number of hydrogen-bond donors (Lipinski definition) is 2. The third-order valence-electron chi connectivity index (χ3n) is 4.50. The van der Waals surface area contributed by atoms with Crippen LogP contribution in [0, 0.1) is 13.8 Å². The van der Waals surface area contributed by atoms with Gasteiger partial charge in [-0.25, -0.2) is 8.78 Å². The lowest BCUT2D eigenvalue weighted by atomic mass is 10.0. The van der Waals surface area contributed by atoms with E-state index in [0.717, 1.165) is 28.8 Å². The van der Waals surface area contributed by atoms with Crippen molar-refractivity contribution in [2.24, 2.45) is 0 Å². The largest absolute Gasteiger partial charge is 0.355 e. The first-order chi connectivity index (χ1) is 16.6. The van der Waals surface area contributed by atoms with Crippen molar-refractivity contribution in [3.8, 4) is 0 Å². The summed E-state index contributed by atoms with van der Waals surface area (Å²) in [5.41, 5.74) is 4.48. The van der Waals surface area contributed by atoms with Gasteiger partial charge in [-0.15, -0.1) is 0 Å². The Kier molecular flexibility index (Phi) is 15.0. The number of aryl methyl sites for hydroxylation is 2. The highest BCUT2D eigenvalue weighted by Crippen LogP contribution is 2.29. The second-order valence-electron chi connectivity index (χ2n) is 7.04. The number of hydrogen-bond acceptors (Lipinski definition) is 2. The maximum atomic E-state index is 13.8. The van der Waals surface area contributed by atoms with Crippen molar-refractivity contribution in [3.63, 3.8) is 0 Å². The quantitative estimate of drug-likeness (QED) is 0.370. The molecule has 2 aromatic rings. The molecule has 1 amide bonds. The van der Waals surface area contributed by atoms with Crippen LogP contribution >= 0.6 is 11.6 Å². The van der Waals surface area contributed by atoms with Crippen molar-refractivity contribution in [3.05, 3.63) is 106 Å². The fourth-order valence-corrected chi connectivity index (χ4v) is 3.25. The van der Waals surface area contributed by atoms with Gasteiger partial charge in [-0.05, 0) is 69.2 Å². The zero-order valence-corrected chi connectivity index (χ0v) is 22.7. The van der Waals surface area contributed by atoms with Crippen molar-refractivity contribution >= 4 is 28.9 Å². The van der Waals surface area contributed by atoms with Crippen LogP contribution in [0.1, 0.15) is 68.6 Å². The van der Waals surface area contributed by atoms with Crippen LogP contribution in [-0.4, -0.2) is 5.91 Å². The molecule has 0 aliphatic carbocycles. The normalized spacial score (nSPS) is 11.5. The highest BCUT2D eigenvalue weighted by molar-refractivity contribution is 6.32. The molecule has 3 nitrogen and oxygen atoms in total. The Hall–Kier alpha value is -3.18. The number of carbonyl (C=O) groups excluding carboxylic acids is 1. The van der Waals surface area contributed by atoms with Crippen LogP contribution in [0.25, 0.3) is 5.70 Å². The van der Waals surface area contributed by atoms with Gasteiger partial charge in [-0.1, -0.05) is 70.1 Å². The number of rotatable bonds is 7. The van der Waals surface area contributed by atoms with E-state index in [-0.39, 0.29) is 5.70 Å². The molecule has 0 saturated heterocycles. The number of anilines is 1. The molecule has 2 rings (SSSR count). The van der Waals surface area contributed by atoms with Crippen molar-refractivity contribution in [1.82, 2.24) is 5.32 Å². The van der Waals surface area contributed by atoms with Gasteiger partial charge in [0.2, 0.25) is 0 Å². The molecule has 0 unspecified atom stereocenters. The zero-order valence-electron chi connectivity index (χ0n) is 21.9. The summed E-state index contributed by atoms with van der Waals surface area (Å²) in [7, 11) is 0. The molecule has 0 heterocycles. The van der Waals surface area contributed by atoms with Gasteiger partial charge in [0.25, 0.3) is 5.91 Å². The number of halogens is 3. The van der Waals surface area contributed by atoms with Crippen LogP contribution in [0.4, 0.5) is 14.5 Å². The Morgan fingerprint density at radius 1 is 1.00 bits per heavy atom. The van der Waals surface area contributed by atoms with E-state index in [4.69, 9.17) is 11.6 Å². The van der Waals surface area contributed by atoms with E-state index in [0.29, 0.717) is 22.0 Å². The Morgan fingerprint density at radius 3 is 2.20 bits per heavy atom. The lowest BCUT2D eigenvalue weighted by Crippen LogP contribution is -2.21. The summed E-state index contributed by atoms with van der Waals surface area (Å²) in [6, 6.07) is 10.7. The summed E-state index contributed by atoms with van der Waals surface area (Å²) < 4.78 is 27.2. The van der Waals surface area contributed by atoms with Crippen molar-refractivity contribution < 1.29 is 13.6 Å². The van der Waals surface area contributed by atoms with Crippen LogP contribution in [0.3, 0.4) is 0 Å². The fraction of sp³-hybridized carbons (Fsp3) is 0.276. The third-order valence-corrected chi connectivity index (χ3v) is 4.82. The second kappa shape index (κ2) is 16.4. The fourth-order valence-electron chi connectivity index (χ4n) is 2.91. The summed E-state index contributed by atoms with van der Waals surface area (Å²) >= 11 is 6.32. The molecule has 0 aliphatic rings.